The van der Waals surface area contributed by atoms with Crippen molar-refractivity contribution in [1.29, 1.82) is 0 Å². The normalized spacial score (nSPS) is 14.6. The Hall–Kier alpha value is -1.06. The highest BCUT2D eigenvalue weighted by molar-refractivity contribution is 5.29. The Morgan fingerprint density at radius 3 is 2.17 bits per heavy atom. The molecule has 2 atom stereocenters. The highest BCUT2D eigenvalue weighted by atomic mass is 16.7. The summed E-state index contributed by atoms with van der Waals surface area (Å²) in [5.41, 5.74) is 1.32. The van der Waals surface area contributed by atoms with Crippen LogP contribution in [0.4, 0.5) is 0 Å². The van der Waals surface area contributed by atoms with Crippen molar-refractivity contribution in [1.82, 2.24) is 4.90 Å². The van der Waals surface area contributed by atoms with Crippen molar-refractivity contribution < 1.29 is 9.47 Å². The van der Waals surface area contributed by atoms with Crippen LogP contribution in [0, 0.1) is 0 Å². The second-order valence-electron chi connectivity index (χ2n) is 4.60. The molecule has 3 heteroatoms. The minimum atomic E-state index is -0.198. The van der Waals surface area contributed by atoms with Gasteiger partial charge in [0.25, 0.3) is 0 Å². The molecule has 0 aliphatic carbocycles. The molecule has 2 unspecified atom stereocenters. The van der Waals surface area contributed by atoms with Crippen molar-refractivity contribution in [3.63, 3.8) is 0 Å². The minimum Gasteiger partial charge on any atom is -0.465 e. The van der Waals surface area contributed by atoms with E-state index in [-0.39, 0.29) is 6.29 Å². The van der Waals surface area contributed by atoms with Crippen LogP contribution >= 0.6 is 0 Å². The molecule has 18 heavy (non-hydrogen) atoms. The van der Waals surface area contributed by atoms with Crippen molar-refractivity contribution in [3.8, 4) is 5.75 Å². The average Bonchev–Trinajstić information content (AvgIpc) is 2.32. The highest BCUT2D eigenvalue weighted by Crippen LogP contribution is 2.24. The summed E-state index contributed by atoms with van der Waals surface area (Å²) in [6.45, 7) is 6.74. The van der Waals surface area contributed by atoms with Crippen LogP contribution in [-0.4, -0.2) is 31.9 Å². The molecule has 0 saturated heterocycles. The van der Waals surface area contributed by atoms with E-state index in [1.165, 1.54) is 5.56 Å². The number of hydrogen-bond acceptors (Lipinski definition) is 3. The lowest BCUT2D eigenvalue weighted by Gasteiger charge is -2.23. The van der Waals surface area contributed by atoms with Gasteiger partial charge >= 0.3 is 0 Å². The van der Waals surface area contributed by atoms with E-state index in [1.54, 1.807) is 0 Å². The monoisotopic (exact) mass is 251 g/mol. The van der Waals surface area contributed by atoms with Crippen molar-refractivity contribution in [2.24, 2.45) is 0 Å². The maximum absolute atomic E-state index is 5.65. The zero-order chi connectivity index (χ0) is 13.5. The zero-order valence-electron chi connectivity index (χ0n) is 12.1. The van der Waals surface area contributed by atoms with Gasteiger partial charge in [-0.25, -0.2) is 0 Å². The fourth-order valence-corrected chi connectivity index (χ4v) is 2.13. The van der Waals surface area contributed by atoms with E-state index >= 15 is 0 Å². The van der Waals surface area contributed by atoms with Crippen LogP contribution in [0.3, 0.4) is 0 Å². The molecular weight excluding hydrogens is 226 g/mol. The van der Waals surface area contributed by atoms with E-state index in [0.717, 1.165) is 12.2 Å². The summed E-state index contributed by atoms with van der Waals surface area (Å²) in [5.74, 6) is 0.855. The first kappa shape index (κ1) is 15.0. The third kappa shape index (κ3) is 4.31. The minimum absolute atomic E-state index is 0.198. The molecule has 0 saturated carbocycles. The van der Waals surface area contributed by atoms with Crippen LogP contribution in [0.15, 0.2) is 24.3 Å². The van der Waals surface area contributed by atoms with Gasteiger partial charge in [0.15, 0.2) is 6.29 Å². The Bertz CT molecular complexity index is 335. The molecule has 0 N–H and O–H groups in total. The molecule has 1 aromatic carbocycles. The van der Waals surface area contributed by atoms with E-state index in [1.807, 2.05) is 26.0 Å². The second-order valence-corrected chi connectivity index (χ2v) is 4.60. The Balaban J connectivity index is 2.67. The van der Waals surface area contributed by atoms with Gasteiger partial charge in [-0.05, 0) is 52.1 Å². The van der Waals surface area contributed by atoms with Crippen molar-refractivity contribution in [2.75, 3.05) is 20.7 Å². The predicted octanol–water partition coefficient (Wildman–Crippen LogP) is 3.46. The Labute approximate surface area is 111 Å². The SMILES string of the molecule is CCOC(C)Oc1ccc(C(CC)N(C)C)cc1. The summed E-state index contributed by atoms with van der Waals surface area (Å²) in [6.07, 6.45) is 0.902. The number of ether oxygens (including phenoxy) is 2. The molecule has 0 radical (unpaired) electrons. The van der Waals surface area contributed by atoms with E-state index in [9.17, 15) is 0 Å². The number of hydrogen-bond donors (Lipinski definition) is 0. The van der Waals surface area contributed by atoms with E-state index < -0.39 is 0 Å². The third-order valence-corrected chi connectivity index (χ3v) is 2.98. The van der Waals surface area contributed by atoms with Crippen LogP contribution in [-0.2, 0) is 4.74 Å². The van der Waals surface area contributed by atoms with Gasteiger partial charge in [0, 0.05) is 12.6 Å². The molecule has 0 spiro atoms. The van der Waals surface area contributed by atoms with Gasteiger partial charge in [-0.1, -0.05) is 19.1 Å². The zero-order valence-corrected chi connectivity index (χ0v) is 12.1. The topological polar surface area (TPSA) is 21.7 Å². The molecule has 1 rings (SSSR count). The van der Waals surface area contributed by atoms with E-state index in [0.29, 0.717) is 12.6 Å². The lowest BCUT2D eigenvalue weighted by Crippen LogP contribution is -2.19. The van der Waals surface area contributed by atoms with Crippen molar-refractivity contribution in [2.45, 2.75) is 39.5 Å². The number of benzene rings is 1. The van der Waals surface area contributed by atoms with Crippen molar-refractivity contribution in [3.05, 3.63) is 29.8 Å². The molecule has 0 bridgehead atoms. The van der Waals surface area contributed by atoms with Crippen LogP contribution in [0.25, 0.3) is 0 Å². The largest absolute Gasteiger partial charge is 0.465 e. The molecule has 0 aromatic heterocycles. The van der Waals surface area contributed by atoms with E-state index in [2.05, 4.69) is 38.1 Å². The number of nitrogens with zero attached hydrogens (tertiary/aromatic N) is 1. The summed E-state index contributed by atoms with van der Waals surface area (Å²) in [5, 5.41) is 0. The summed E-state index contributed by atoms with van der Waals surface area (Å²) < 4.78 is 11.0. The maximum atomic E-state index is 5.65. The Morgan fingerprint density at radius 1 is 1.11 bits per heavy atom. The molecule has 0 heterocycles. The summed E-state index contributed by atoms with van der Waals surface area (Å²) in [7, 11) is 4.21. The smallest absolute Gasteiger partial charge is 0.196 e. The quantitative estimate of drug-likeness (QED) is 0.693. The molecule has 102 valence electrons. The maximum Gasteiger partial charge on any atom is 0.196 e. The molecule has 1 aromatic rings. The van der Waals surface area contributed by atoms with Gasteiger partial charge in [-0.3, -0.25) is 0 Å². The third-order valence-electron chi connectivity index (χ3n) is 2.98. The standard InChI is InChI=1S/C15H25NO2/c1-6-15(16(4)5)13-8-10-14(11-9-13)18-12(3)17-7-2/h8-12,15H,6-7H2,1-5H3. The molecule has 0 aliphatic heterocycles. The lowest BCUT2D eigenvalue weighted by molar-refractivity contribution is -0.0613. The molecule has 0 amide bonds. The fraction of sp³-hybridized carbons (Fsp3) is 0.600. The van der Waals surface area contributed by atoms with Crippen LogP contribution in [0.2, 0.25) is 0 Å². The lowest BCUT2D eigenvalue weighted by atomic mass is 10.0. The molecule has 0 aliphatic rings. The summed E-state index contributed by atoms with van der Waals surface area (Å²) in [6, 6.07) is 8.74. The van der Waals surface area contributed by atoms with Gasteiger partial charge < -0.3 is 14.4 Å². The molecular formula is C15H25NO2. The first-order chi connectivity index (χ1) is 8.58. The molecule has 0 fully saturated rings. The first-order valence-electron chi connectivity index (χ1n) is 6.63. The van der Waals surface area contributed by atoms with Crippen LogP contribution < -0.4 is 4.74 Å². The van der Waals surface area contributed by atoms with Gasteiger partial charge in [-0.15, -0.1) is 0 Å². The van der Waals surface area contributed by atoms with Crippen LogP contribution in [0.5, 0.6) is 5.75 Å². The second kappa shape index (κ2) is 7.39. The fourth-order valence-electron chi connectivity index (χ4n) is 2.13. The molecule has 3 nitrogen and oxygen atoms in total. The van der Waals surface area contributed by atoms with Crippen molar-refractivity contribution >= 4 is 0 Å². The van der Waals surface area contributed by atoms with E-state index in [4.69, 9.17) is 9.47 Å². The highest BCUT2D eigenvalue weighted by Gasteiger charge is 2.11. The van der Waals surface area contributed by atoms with Gasteiger partial charge in [-0.2, -0.15) is 0 Å². The van der Waals surface area contributed by atoms with Gasteiger partial charge in [0.05, 0.1) is 0 Å². The average molecular weight is 251 g/mol. The Morgan fingerprint density at radius 2 is 1.72 bits per heavy atom. The first-order valence-corrected chi connectivity index (χ1v) is 6.63. The summed E-state index contributed by atoms with van der Waals surface area (Å²) >= 11 is 0. The Kier molecular flexibility index (Phi) is 6.16. The van der Waals surface area contributed by atoms with Gasteiger partial charge in [0.2, 0.25) is 0 Å². The number of rotatable bonds is 7. The predicted molar refractivity (Wildman–Crippen MR) is 74.9 cm³/mol. The van der Waals surface area contributed by atoms with Gasteiger partial charge in [0.1, 0.15) is 5.75 Å². The van der Waals surface area contributed by atoms with Crippen LogP contribution in [0.1, 0.15) is 38.8 Å². The summed E-state index contributed by atoms with van der Waals surface area (Å²) in [4.78, 5) is 2.23.